The van der Waals surface area contributed by atoms with E-state index in [4.69, 9.17) is 4.74 Å². The molecule has 156 valence electrons. The minimum Gasteiger partial charge on any atom is -0.487 e. The van der Waals surface area contributed by atoms with Crippen molar-refractivity contribution in [1.29, 1.82) is 0 Å². The van der Waals surface area contributed by atoms with Gasteiger partial charge in [0, 0.05) is 37.0 Å². The van der Waals surface area contributed by atoms with Gasteiger partial charge in [0.2, 0.25) is 0 Å². The molecule has 1 fully saturated rings. The van der Waals surface area contributed by atoms with E-state index in [-0.39, 0.29) is 29.5 Å². The van der Waals surface area contributed by atoms with Crippen LogP contribution in [0.1, 0.15) is 42.9 Å². The molecule has 7 nitrogen and oxygen atoms in total. The molecule has 0 saturated heterocycles. The lowest BCUT2D eigenvalue weighted by atomic mass is 9.73. The summed E-state index contributed by atoms with van der Waals surface area (Å²) in [5, 5.41) is 8.61. The molecule has 1 atom stereocenters. The Kier molecular flexibility index (Phi) is 4.30. The van der Waals surface area contributed by atoms with Gasteiger partial charge in [0.15, 0.2) is 0 Å². The Morgan fingerprint density at radius 3 is 2.87 bits per heavy atom. The second-order valence-corrected chi connectivity index (χ2v) is 8.33. The molecule has 2 aromatic rings. The van der Waals surface area contributed by atoms with Crippen LogP contribution in [0.25, 0.3) is 0 Å². The number of hydrogen-bond donors (Lipinski definition) is 3. The third kappa shape index (κ3) is 3.32. The monoisotopic (exact) mass is 410 g/mol. The molecule has 8 heteroatoms. The standard InChI is InChI=1S/C22H23FN4O3/c1-27-12-13-3-5-15(10-17(13)26-21(27)29)24-20(28)25-18-11-22(7-2-8-22)30-19-6-4-14(23)9-16(18)19/h3-6,9-10,18H,2,7-8,11-12H2,1H3,(H,26,29)(H2,24,25,28)/t18-/m1/s1. The van der Waals surface area contributed by atoms with Crippen LogP contribution in [0.2, 0.25) is 0 Å². The smallest absolute Gasteiger partial charge is 0.321 e. The molecule has 5 rings (SSSR count). The van der Waals surface area contributed by atoms with Crippen molar-refractivity contribution in [2.24, 2.45) is 0 Å². The minimum atomic E-state index is -0.384. The highest BCUT2D eigenvalue weighted by Gasteiger charge is 2.46. The molecule has 2 aromatic carbocycles. The number of anilines is 2. The number of halogens is 1. The van der Waals surface area contributed by atoms with E-state index in [9.17, 15) is 14.0 Å². The van der Waals surface area contributed by atoms with Crippen molar-refractivity contribution in [1.82, 2.24) is 10.2 Å². The fourth-order valence-corrected chi connectivity index (χ4v) is 4.42. The molecule has 30 heavy (non-hydrogen) atoms. The Labute approximate surface area is 173 Å². The molecule has 0 unspecified atom stereocenters. The van der Waals surface area contributed by atoms with Gasteiger partial charge in [0.05, 0.1) is 6.04 Å². The van der Waals surface area contributed by atoms with Crippen LogP contribution >= 0.6 is 0 Å². The summed E-state index contributed by atoms with van der Waals surface area (Å²) in [6.07, 6.45) is 3.57. The Bertz CT molecular complexity index is 1040. The van der Waals surface area contributed by atoms with Crippen LogP contribution in [-0.2, 0) is 6.54 Å². The Hall–Kier alpha value is -3.29. The lowest BCUT2D eigenvalue weighted by Gasteiger charge is -2.48. The third-order valence-electron chi connectivity index (χ3n) is 6.18. The summed E-state index contributed by atoms with van der Waals surface area (Å²) in [6, 6.07) is 8.96. The van der Waals surface area contributed by atoms with E-state index in [1.165, 1.54) is 12.1 Å². The number of nitrogens with one attached hydrogen (secondary N) is 3. The number of urea groups is 2. The summed E-state index contributed by atoms with van der Waals surface area (Å²) in [5.74, 6) is 0.276. The summed E-state index contributed by atoms with van der Waals surface area (Å²) < 4.78 is 20.0. The average molecular weight is 410 g/mol. The largest absolute Gasteiger partial charge is 0.487 e. The minimum absolute atomic E-state index is 0.185. The number of amides is 4. The number of carbonyl (C=O) groups is 2. The highest BCUT2D eigenvalue weighted by Crippen LogP contribution is 2.48. The molecule has 0 radical (unpaired) electrons. The van der Waals surface area contributed by atoms with E-state index in [0.717, 1.165) is 24.8 Å². The highest BCUT2D eigenvalue weighted by atomic mass is 19.1. The second kappa shape index (κ2) is 6.90. The van der Waals surface area contributed by atoms with Crippen molar-refractivity contribution in [3.05, 3.63) is 53.3 Å². The van der Waals surface area contributed by atoms with Crippen LogP contribution < -0.4 is 20.7 Å². The van der Waals surface area contributed by atoms with Crippen LogP contribution in [0.4, 0.5) is 25.4 Å². The zero-order valence-electron chi connectivity index (χ0n) is 16.6. The Morgan fingerprint density at radius 1 is 1.27 bits per heavy atom. The number of ether oxygens (including phenoxy) is 1. The second-order valence-electron chi connectivity index (χ2n) is 8.33. The van der Waals surface area contributed by atoms with Crippen LogP contribution in [0.5, 0.6) is 5.75 Å². The Balaban J connectivity index is 1.33. The zero-order valence-corrected chi connectivity index (χ0v) is 16.6. The first-order chi connectivity index (χ1) is 14.4. The van der Waals surface area contributed by atoms with Gasteiger partial charge in [-0.3, -0.25) is 0 Å². The van der Waals surface area contributed by atoms with Gasteiger partial charge < -0.3 is 25.6 Å². The van der Waals surface area contributed by atoms with Crippen molar-refractivity contribution in [2.45, 2.75) is 43.9 Å². The maximum atomic E-state index is 13.8. The van der Waals surface area contributed by atoms with Crippen molar-refractivity contribution in [2.75, 3.05) is 17.7 Å². The van der Waals surface area contributed by atoms with Gasteiger partial charge in [0.1, 0.15) is 17.2 Å². The normalized spacial score (nSPS) is 20.9. The predicted molar refractivity (Wildman–Crippen MR) is 110 cm³/mol. The zero-order chi connectivity index (χ0) is 20.9. The predicted octanol–water partition coefficient (Wildman–Crippen LogP) is 4.37. The van der Waals surface area contributed by atoms with E-state index in [1.54, 1.807) is 30.1 Å². The molecular formula is C22H23FN4O3. The first-order valence-electron chi connectivity index (χ1n) is 10.1. The molecule has 4 amide bonds. The van der Waals surface area contributed by atoms with Crippen molar-refractivity contribution >= 4 is 23.4 Å². The van der Waals surface area contributed by atoms with E-state index in [1.807, 2.05) is 6.07 Å². The number of hydrogen-bond acceptors (Lipinski definition) is 3. The van der Waals surface area contributed by atoms with Gasteiger partial charge in [-0.05, 0) is 55.2 Å². The summed E-state index contributed by atoms with van der Waals surface area (Å²) in [7, 11) is 1.72. The van der Waals surface area contributed by atoms with Crippen molar-refractivity contribution < 1.29 is 18.7 Å². The Morgan fingerprint density at radius 2 is 2.10 bits per heavy atom. The lowest BCUT2D eigenvalue weighted by molar-refractivity contribution is -0.0355. The van der Waals surface area contributed by atoms with Gasteiger partial charge in [-0.2, -0.15) is 0 Å². The van der Waals surface area contributed by atoms with E-state index >= 15 is 0 Å². The lowest BCUT2D eigenvalue weighted by Crippen LogP contribution is -2.50. The molecule has 1 saturated carbocycles. The maximum absolute atomic E-state index is 13.8. The number of carbonyl (C=O) groups excluding carboxylic acids is 2. The van der Waals surface area contributed by atoms with Crippen LogP contribution in [0.15, 0.2) is 36.4 Å². The number of nitrogens with zero attached hydrogens (tertiary/aromatic N) is 1. The molecule has 0 aromatic heterocycles. The van der Waals surface area contributed by atoms with Gasteiger partial charge in [-0.1, -0.05) is 6.07 Å². The van der Waals surface area contributed by atoms with Gasteiger partial charge in [-0.15, -0.1) is 0 Å². The van der Waals surface area contributed by atoms with Crippen molar-refractivity contribution in [3.8, 4) is 5.75 Å². The molecule has 1 spiro atoms. The van der Waals surface area contributed by atoms with Crippen LogP contribution in [0.3, 0.4) is 0 Å². The fraction of sp³-hybridized carbons (Fsp3) is 0.364. The summed E-state index contributed by atoms with van der Waals surface area (Å²) >= 11 is 0. The van der Waals surface area contributed by atoms with Gasteiger partial charge in [0.25, 0.3) is 0 Å². The molecule has 2 heterocycles. The molecule has 3 N–H and O–H groups in total. The fourth-order valence-electron chi connectivity index (χ4n) is 4.42. The summed E-state index contributed by atoms with van der Waals surface area (Å²) in [4.78, 5) is 26.2. The van der Waals surface area contributed by atoms with E-state index < -0.39 is 0 Å². The number of fused-ring (bicyclic) bond motifs is 2. The van der Waals surface area contributed by atoms with E-state index in [0.29, 0.717) is 35.7 Å². The maximum Gasteiger partial charge on any atom is 0.321 e. The number of rotatable bonds is 2. The highest BCUT2D eigenvalue weighted by molar-refractivity contribution is 5.95. The van der Waals surface area contributed by atoms with Crippen LogP contribution in [0, 0.1) is 5.82 Å². The molecular weight excluding hydrogens is 387 g/mol. The molecule has 3 aliphatic rings. The molecule has 1 aliphatic carbocycles. The quantitative estimate of drug-likeness (QED) is 0.688. The first kappa shape index (κ1) is 18.7. The third-order valence-corrected chi connectivity index (χ3v) is 6.18. The topological polar surface area (TPSA) is 82.7 Å². The average Bonchev–Trinajstić information content (AvgIpc) is 2.68. The van der Waals surface area contributed by atoms with Gasteiger partial charge >= 0.3 is 12.1 Å². The first-order valence-corrected chi connectivity index (χ1v) is 10.1. The molecule has 0 bridgehead atoms. The van der Waals surface area contributed by atoms with Crippen LogP contribution in [-0.4, -0.2) is 29.6 Å². The number of benzene rings is 2. The van der Waals surface area contributed by atoms with Gasteiger partial charge in [-0.25, -0.2) is 14.0 Å². The summed E-state index contributed by atoms with van der Waals surface area (Å²) in [6.45, 7) is 0.514. The summed E-state index contributed by atoms with van der Waals surface area (Å²) in [5.41, 5.74) is 2.61. The SMILES string of the molecule is CN1Cc2ccc(NC(=O)N[C@@H]3CC4(CCC4)Oc4ccc(F)cc43)cc2NC1=O. The molecule has 2 aliphatic heterocycles. The van der Waals surface area contributed by atoms with E-state index in [2.05, 4.69) is 16.0 Å². The van der Waals surface area contributed by atoms with Crippen molar-refractivity contribution in [3.63, 3.8) is 0 Å².